The van der Waals surface area contributed by atoms with E-state index < -0.39 is 5.60 Å². The summed E-state index contributed by atoms with van der Waals surface area (Å²) in [6, 6.07) is 7.12. The number of nitrogens with zero attached hydrogens (tertiary/aromatic N) is 5. The largest absolute Gasteiger partial charge is 0.486 e. The van der Waals surface area contributed by atoms with Crippen LogP contribution in [-0.2, 0) is 16.1 Å². The lowest BCUT2D eigenvalue weighted by Crippen LogP contribution is -2.49. The number of carbonyl (C=O) groups excluding carboxylic acids is 1. The predicted molar refractivity (Wildman–Crippen MR) is 153 cm³/mol. The molecule has 0 aliphatic carbocycles. The van der Waals surface area contributed by atoms with Gasteiger partial charge in [0.15, 0.2) is 0 Å². The van der Waals surface area contributed by atoms with Gasteiger partial charge < -0.3 is 34.2 Å². The molecule has 2 aromatic rings. The van der Waals surface area contributed by atoms with Gasteiger partial charge in [-0.05, 0) is 83.2 Å². The van der Waals surface area contributed by atoms with E-state index in [0.717, 1.165) is 93.6 Å². The van der Waals surface area contributed by atoms with Crippen molar-refractivity contribution in [1.29, 1.82) is 0 Å². The van der Waals surface area contributed by atoms with Gasteiger partial charge in [-0.2, -0.15) is 0 Å². The van der Waals surface area contributed by atoms with E-state index in [0.29, 0.717) is 31.8 Å². The average molecular weight is 551 g/mol. The number of fused-ring (bicyclic) bond motifs is 2. The summed E-state index contributed by atoms with van der Waals surface area (Å²) in [7, 11) is 0. The summed E-state index contributed by atoms with van der Waals surface area (Å²) in [5.74, 6) is 3.11. The first-order valence-corrected chi connectivity index (χ1v) is 14.8. The lowest BCUT2D eigenvalue weighted by Gasteiger charge is -2.42. The normalized spacial score (nSPS) is 21.1. The van der Waals surface area contributed by atoms with Crippen LogP contribution in [0.3, 0.4) is 0 Å². The summed E-state index contributed by atoms with van der Waals surface area (Å²) in [5, 5.41) is 3.56. The average Bonchev–Trinajstić information content (AvgIpc) is 3.16. The zero-order valence-corrected chi connectivity index (χ0v) is 24.0. The highest BCUT2D eigenvalue weighted by Crippen LogP contribution is 2.39. The first-order valence-electron chi connectivity index (χ1n) is 14.8. The first kappa shape index (κ1) is 27.1. The van der Waals surface area contributed by atoms with Crippen LogP contribution >= 0.6 is 0 Å². The minimum atomic E-state index is -0.448. The molecule has 216 valence electrons. The second-order valence-electron chi connectivity index (χ2n) is 12.3. The van der Waals surface area contributed by atoms with Crippen LogP contribution in [0, 0.1) is 0 Å². The van der Waals surface area contributed by atoms with Gasteiger partial charge >= 0.3 is 6.09 Å². The molecule has 4 aliphatic heterocycles. The molecule has 40 heavy (non-hydrogen) atoms. The van der Waals surface area contributed by atoms with Crippen LogP contribution in [0.5, 0.6) is 5.75 Å². The van der Waals surface area contributed by atoms with E-state index in [1.54, 1.807) is 6.33 Å². The second-order valence-corrected chi connectivity index (χ2v) is 12.3. The summed E-state index contributed by atoms with van der Waals surface area (Å²) in [6.45, 7) is 13.0. The molecule has 1 aromatic carbocycles. The Hall–Kier alpha value is -3.11. The minimum absolute atomic E-state index is 0.183. The summed E-state index contributed by atoms with van der Waals surface area (Å²) in [5.41, 5.74) is 2.86. The minimum Gasteiger partial charge on any atom is -0.486 e. The first-order chi connectivity index (χ1) is 19.3. The van der Waals surface area contributed by atoms with Gasteiger partial charge in [0.25, 0.3) is 0 Å². The number of likely N-dealkylation sites (tertiary alicyclic amines) is 2. The Bertz CT molecular complexity index is 1200. The molecule has 0 spiro atoms. The van der Waals surface area contributed by atoms with E-state index in [1.165, 1.54) is 5.56 Å². The van der Waals surface area contributed by atoms with Crippen LogP contribution in [0.15, 0.2) is 24.5 Å². The molecule has 0 atom stereocenters. The molecule has 0 bridgehead atoms. The Balaban J connectivity index is 1.06. The second kappa shape index (κ2) is 11.4. The van der Waals surface area contributed by atoms with Gasteiger partial charge in [0.05, 0.1) is 24.5 Å². The third-order valence-corrected chi connectivity index (χ3v) is 8.50. The maximum Gasteiger partial charge on any atom is 0.410 e. The molecule has 0 unspecified atom stereocenters. The van der Waals surface area contributed by atoms with Gasteiger partial charge in [-0.25, -0.2) is 14.8 Å². The van der Waals surface area contributed by atoms with Crippen molar-refractivity contribution in [3.05, 3.63) is 35.7 Å². The van der Waals surface area contributed by atoms with Crippen molar-refractivity contribution in [2.45, 2.75) is 70.6 Å². The number of morpholine rings is 1. The van der Waals surface area contributed by atoms with Crippen LogP contribution in [0.4, 0.5) is 22.1 Å². The number of hydrogen-bond donors (Lipinski definition) is 1. The summed E-state index contributed by atoms with van der Waals surface area (Å²) in [4.78, 5) is 28.4. The Kier molecular flexibility index (Phi) is 7.72. The number of benzene rings is 1. The highest BCUT2D eigenvalue weighted by atomic mass is 16.6. The van der Waals surface area contributed by atoms with Crippen molar-refractivity contribution >= 4 is 23.4 Å². The quantitative estimate of drug-likeness (QED) is 0.592. The molecule has 1 amide bonds. The lowest BCUT2D eigenvalue weighted by atomic mass is 9.87. The van der Waals surface area contributed by atoms with Crippen molar-refractivity contribution in [3.8, 4) is 5.75 Å². The highest BCUT2D eigenvalue weighted by Gasteiger charge is 2.32. The maximum atomic E-state index is 12.4. The lowest BCUT2D eigenvalue weighted by molar-refractivity contribution is 0.0127. The Labute approximate surface area is 237 Å². The third kappa shape index (κ3) is 5.98. The van der Waals surface area contributed by atoms with Crippen LogP contribution < -0.4 is 15.0 Å². The molecule has 3 fully saturated rings. The van der Waals surface area contributed by atoms with Crippen molar-refractivity contribution in [2.75, 3.05) is 62.7 Å². The summed E-state index contributed by atoms with van der Waals surface area (Å²) in [6.07, 6.45) is 5.74. The van der Waals surface area contributed by atoms with Crippen LogP contribution in [0.25, 0.3) is 0 Å². The smallest absolute Gasteiger partial charge is 0.410 e. The molecule has 0 saturated carbocycles. The Morgan fingerprint density at radius 2 is 1.75 bits per heavy atom. The van der Waals surface area contributed by atoms with Gasteiger partial charge in [0.1, 0.15) is 35.9 Å². The number of amides is 1. The SMILES string of the molecule is CC(C)(C)OC(=O)N1CCC(N2CCC(c3ccc4c(c3)Nc3ncnc(N5CCOCC5)c3CO4)CC2)CC1. The van der Waals surface area contributed by atoms with E-state index in [2.05, 4.69) is 43.3 Å². The molecular formula is C30H42N6O4. The third-order valence-electron chi connectivity index (χ3n) is 8.50. The van der Waals surface area contributed by atoms with Crippen molar-refractivity contribution in [1.82, 2.24) is 19.8 Å². The number of nitrogens with one attached hydrogen (secondary N) is 1. The van der Waals surface area contributed by atoms with E-state index in [-0.39, 0.29) is 6.09 Å². The number of anilines is 3. The Morgan fingerprint density at radius 3 is 2.48 bits per heavy atom. The van der Waals surface area contributed by atoms with Gasteiger partial charge in [0.2, 0.25) is 0 Å². The number of rotatable bonds is 3. The fraction of sp³-hybridized carbons (Fsp3) is 0.633. The number of aromatic nitrogens is 2. The fourth-order valence-electron chi connectivity index (χ4n) is 6.33. The molecule has 10 nitrogen and oxygen atoms in total. The monoisotopic (exact) mass is 550 g/mol. The highest BCUT2D eigenvalue weighted by molar-refractivity contribution is 5.72. The molecule has 3 saturated heterocycles. The van der Waals surface area contributed by atoms with Crippen molar-refractivity contribution < 1.29 is 19.0 Å². The molecule has 0 radical (unpaired) electrons. The topological polar surface area (TPSA) is 92.3 Å². The van der Waals surface area contributed by atoms with Gasteiger partial charge in [-0.3, -0.25) is 0 Å². The van der Waals surface area contributed by atoms with Crippen LogP contribution in [0.2, 0.25) is 0 Å². The zero-order chi connectivity index (χ0) is 27.7. The molecule has 1 N–H and O–H groups in total. The van der Waals surface area contributed by atoms with E-state index >= 15 is 0 Å². The molecule has 4 aliphatic rings. The number of carbonyl (C=O) groups is 1. The van der Waals surface area contributed by atoms with Gasteiger partial charge in [-0.15, -0.1) is 0 Å². The number of hydrogen-bond acceptors (Lipinski definition) is 9. The van der Waals surface area contributed by atoms with Crippen molar-refractivity contribution in [3.63, 3.8) is 0 Å². The summed E-state index contributed by atoms with van der Waals surface area (Å²) < 4.78 is 17.3. The van der Waals surface area contributed by atoms with Crippen molar-refractivity contribution in [2.24, 2.45) is 0 Å². The molecule has 6 rings (SSSR count). The molecule has 10 heteroatoms. The molecule has 1 aromatic heterocycles. The van der Waals surface area contributed by atoms with Gasteiger partial charge in [0, 0.05) is 32.2 Å². The molecule has 5 heterocycles. The van der Waals surface area contributed by atoms with E-state index in [1.807, 2.05) is 25.7 Å². The fourth-order valence-corrected chi connectivity index (χ4v) is 6.33. The summed E-state index contributed by atoms with van der Waals surface area (Å²) >= 11 is 0. The number of ether oxygens (including phenoxy) is 3. The van der Waals surface area contributed by atoms with E-state index in [9.17, 15) is 4.79 Å². The standard InChI is InChI=1S/C30H42N6O4/c1-30(2,3)40-29(37)36-12-8-23(9-13-36)34-10-6-21(7-11-34)22-4-5-26-25(18-22)33-27-24(19-39-26)28(32-20-31-27)35-14-16-38-17-15-35/h4-5,18,20-21,23H,6-17,19H2,1-3H3,(H,31,32,33). The maximum absolute atomic E-state index is 12.4. The Morgan fingerprint density at radius 1 is 1.00 bits per heavy atom. The number of piperidine rings is 2. The van der Waals surface area contributed by atoms with Crippen LogP contribution in [0.1, 0.15) is 63.5 Å². The molecular weight excluding hydrogens is 508 g/mol. The zero-order valence-electron chi connectivity index (χ0n) is 24.0. The predicted octanol–water partition coefficient (Wildman–Crippen LogP) is 4.53. The van der Waals surface area contributed by atoms with Crippen LogP contribution in [-0.4, -0.2) is 90.0 Å². The van der Waals surface area contributed by atoms with E-state index in [4.69, 9.17) is 14.2 Å². The van der Waals surface area contributed by atoms with Gasteiger partial charge in [-0.1, -0.05) is 6.07 Å².